The number of benzene rings is 2. The largest absolute Gasteiger partial charge is 0.495 e. The molecule has 7 heteroatoms. The molecule has 0 aliphatic carbocycles. The van der Waals surface area contributed by atoms with E-state index in [9.17, 15) is 13.2 Å². The van der Waals surface area contributed by atoms with Crippen LogP contribution >= 0.6 is 0 Å². The first-order chi connectivity index (χ1) is 11.8. The summed E-state index contributed by atoms with van der Waals surface area (Å²) >= 11 is 0. The van der Waals surface area contributed by atoms with Gasteiger partial charge in [0.25, 0.3) is 10.0 Å². The van der Waals surface area contributed by atoms with Crippen LogP contribution < -0.4 is 9.04 Å². The minimum Gasteiger partial charge on any atom is -0.495 e. The summed E-state index contributed by atoms with van der Waals surface area (Å²) in [5.74, 6) is -0.315. The average Bonchev–Trinajstić information content (AvgIpc) is 2.59. The van der Waals surface area contributed by atoms with Crippen molar-refractivity contribution in [2.45, 2.75) is 18.7 Å². The van der Waals surface area contributed by atoms with Crippen LogP contribution in [0.3, 0.4) is 0 Å². The van der Waals surface area contributed by atoms with Crippen molar-refractivity contribution < 1.29 is 22.7 Å². The molecular formula is C18H21NO5S. The van der Waals surface area contributed by atoms with E-state index in [2.05, 4.69) is 4.74 Å². The fourth-order valence-corrected chi connectivity index (χ4v) is 3.73. The second-order valence-electron chi connectivity index (χ2n) is 5.58. The summed E-state index contributed by atoms with van der Waals surface area (Å²) in [4.78, 5) is 11.9. The molecule has 0 spiro atoms. The van der Waals surface area contributed by atoms with E-state index in [1.54, 1.807) is 30.3 Å². The van der Waals surface area contributed by atoms with E-state index in [1.807, 2.05) is 13.8 Å². The fourth-order valence-electron chi connectivity index (χ4n) is 2.31. The summed E-state index contributed by atoms with van der Waals surface area (Å²) in [7, 11) is -1.31. The second-order valence-corrected chi connectivity index (χ2v) is 7.44. The molecule has 6 nitrogen and oxygen atoms in total. The molecule has 134 valence electrons. The van der Waals surface area contributed by atoms with Gasteiger partial charge < -0.3 is 9.47 Å². The number of sulfonamides is 1. The second kappa shape index (κ2) is 7.57. The van der Waals surface area contributed by atoms with Gasteiger partial charge in [0.05, 0.1) is 24.8 Å². The number of aryl methyl sites for hydroxylation is 2. The van der Waals surface area contributed by atoms with Gasteiger partial charge in [0, 0.05) is 0 Å². The third-order valence-electron chi connectivity index (χ3n) is 3.71. The zero-order valence-electron chi connectivity index (χ0n) is 14.6. The summed E-state index contributed by atoms with van der Waals surface area (Å²) in [5.41, 5.74) is 2.06. The number of hydrogen-bond acceptors (Lipinski definition) is 5. The number of rotatable bonds is 6. The van der Waals surface area contributed by atoms with Crippen molar-refractivity contribution in [1.29, 1.82) is 0 Å². The van der Waals surface area contributed by atoms with Gasteiger partial charge in [-0.3, -0.25) is 9.10 Å². The van der Waals surface area contributed by atoms with Crippen molar-refractivity contribution in [3.63, 3.8) is 0 Å². The van der Waals surface area contributed by atoms with Gasteiger partial charge in [-0.15, -0.1) is 0 Å². The Balaban J connectivity index is 2.62. The van der Waals surface area contributed by atoms with Gasteiger partial charge in [-0.25, -0.2) is 8.42 Å². The average molecular weight is 363 g/mol. The van der Waals surface area contributed by atoms with Crippen LogP contribution in [0, 0.1) is 13.8 Å². The molecule has 0 radical (unpaired) electrons. The highest BCUT2D eigenvalue weighted by Gasteiger charge is 2.29. The molecule has 0 saturated carbocycles. The molecule has 0 aliphatic rings. The van der Waals surface area contributed by atoms with Gasteiger partial charge in [0.2, 0.25) is 0 Å². The van der Waals surface area contributed by atoms with E-state index in [1.165, 1.54) is 26.4 Å². The maximum Gasteiger partial charge on any atom is 0.326 e. The van der Waals surface area contributed by atoms with Crippen molar-refractivity contribution in [3.8, 4) is 5.75 Å². The first-order valence-corrected chi connectivity index (χ1v) is 9.04. The molecule has 0 heterocycles. The Morgan fingerprint density at radius 1 is 1.00 bits per heavy atom. The van der Waals surface area contributed by atoms with Crippen LogP contribution in [0.2, 0.25) is 0 Å². The third kappa shape index (κ3) is 4.11. The molecule has 2 rings (SSSR count). The normalized spacial score (nSPS) is 11.0. The number of nitrogens with zero attached hydrogens (tertiary/aromatic N) is 1. The minimum atomic E-state index is -3.97. The third-order valence-corrected chi connectivity index (χ3v) is 5.49. The number of carbonyl (C=O) groups excluding carboxylic acids is 1. The molecule has 0 fully saturated rings. The number of anilines is 1. The zero-order chi connectivity index (χ0) is 18.6. The molecule has 2 aromatic rings. The highest BCUT2D eigenvalue weighted by Crippen LogP contribution is 2.33. The summed E-state index contributed by atoms with van der Waals surface area (Å²) in [5, 5.41) is 0. The Bertz CT molecular complexity index is 860. The van der Waals surface area contributed by atoms with Crippen LogP contribution in [-0.4, -0.2) is 35.2 Å². The summed E-state index contributed by atoms with van der Waals surface area (Å²) < 4.78 is 37.2. The van der Waals surface area contributed by atoms with Crippen LogP contribution in [0.25, 0.3) is 0 Å². The Kier molecular flexibility index (Phi) is 5.69. The van der Waals surface area contributed by atoms with Gasteiger partial charge >= 0.3 is 5.97 Å². The van der Waals surface area contributed by atoms with Crippen LogP contribution in [0.4, 0.5) is 5.69 Å². The van der Waals surface area contributed by atoms with E-state index in [4.69, 9.17) is 4.74 Å². The topological polar surface area (TPSA) is 72.9 Å². The maximum atomic E-state index is 13.1. The predicted molar refractivity (Wildman–Crippen MR) is 95.5 cm³/mol. The van der Waals surface area contributed by atoms with Crippen LogP contribution in [-0.2, 0) is 19.6 Å². The number of esters is 1. The number of hydrogen-bond donors (Lipinski definition) is 0. The molecule has 0 saturated heterocycles. The molecular weight excluding hydrogens is 342 g/mol. The lowest BCUT2D eigenvalue weighted by atomic mass is 10.2. The zero-order valence-corrected chi connectivity index (χ0v) is 15.5. The van der Waals surface area contributed by atoms with Gasteiger partial charge in [0.15, 0.2) is 0 Å². The number of ether oxygens (including phenoxy) is 2. The molecule has 0 N–H and O–H groups in total. The molecule has 0 aliphatic heterocycles. The summed E-state index contributed by atoms with van der Waals surface area (Å²) in [6.07, 6.45) is 0. The summed E-state index contributed by atoms with van der Waals surface area (Å²) in [6.45, 7) is 3.25. The molecule has 25 heavy (non-hydrogen) atoms. The molecule has 0 atom stereocenters. The molecule has 2 aromatic carbocycles. The van der Waals surface area contributed by atoms with Crippen LogP contribution in [0.5, 0.6) is 5.75 Å². The first-order valence-electron chi connectivity index (χ1n) is 7.60. The Labute approximate surface area is 148 Å². The van der Waals surface area contributed by atoms with E-state index < -0.39 is 22.5 Å². The Morgan fingerprint density at radius 3 is 2.16 bits per heavy atom. The Hall–Kier alpha value is -2.54. The molecule has 0 bridgehead atoms. The van der Waals surface area contributed by atoms with E-state index in [0.717, 1.165) is 15.4 Å². The highest BCUT2D eigenvalue weighted by atomic mass is 32.2. The lowest BCUT2D eigenvalue weighted by Crippen LogP contribution is -2.36. The van der Waals surface area contributed by atoms with Crippen LogP contribution in [0.1, 0.15) is 11.1 Å². The smallest absolute Gasteiger partial charge is 0.326 e. The minimum absolute atomic E-state index is 0.0885. The van der Waals surface area contributed by atoms with Gasteiger partial charge in [-0.2, -0.15) is 0 Å². The maximum absolute atomic E-state index is 13.1. The van der Waals surface area contributed by atoms with Crippen molar-refractivity contribution >= 4 is 21.7 Å². The molecule has 0 unspecified atom stereocenters. The van der Waals surface area contributed by atoms with E-state index >= 15 is 0 Å². The van der Waals surface area contributed by atoms with E-state index in [0.29, 0.717) is 5.75 Å². The Morgan fingerprint density at radius 2 is 1.60 bits per heavy atom. The van der Waals surface area contributed by atoms with Crippen molar-refractivity contribution in [2.24, 2.45) is 0 Å². The SMILES string of the molecule is COC(=O)CN(c1cc(C)ccc1OC)S(=O)(=O)c1ccc(C)cc1. The van der Waals surface area contributed by atoms with Gasteiger partial charge in [-0.05, 0) is 43.7 Å². The standard InChI is InChI=1S/C18H21NO5S/c1-13-5-8-15(9-6-13)25(21,22)19(12-18(20)24-4)16-11-14(2)7-10-17(16)23-3/h5-11H,12H2,1-4H3. The summed E-state index contributed by atoms with van der Waals surface area (Å²) in [6, 6.07) is 11.6. The highest BCUT2D eigenvalue weighted by molar-refractivity contribution is 7.92. The molecule has 0 aromatic heterocycles. The number of carbonyl (C=O) groups is 1. The van der Waals surface area contributed by atoms with Gasteiger partial charge in [-0.1, -0.05) is 23.8 Å². The lowest BCUT2D eigenvalue weighted by Gasteiger charge is -2.25. The van der Waals surface area contributed by atoms with Crippen molar-refractivity contribution in [1.82, 2.24) is 0 Å². The fraction of sp³-hybridized carbons (Fsp3) is 0.278. The first kappa shape index (κ1) is 18.8. The monoisotopic (exact) mass is 363 g/mol. The van der Waals surface area contributed by atoms with E-state index in [-0.39, 0.29) is 10.6 Å². The predicted octanol–water partition coefficient (Wildman–Crippen LogP) is 2.68. The van der Waals surface area contributed by atoms with Crippen molar-refractivity contribution in [3.05, 3.63) is 53.6 Å². The van der Waals surface area contributed by atoms with Crippen LogP contribution in [0.15, 0.2) is 47.4 Å². The lowest BCUT2D eigenvalue weighted by molar-refractivity contribution is -0.138. The van der Waals surface area contributed by atoms with Crippen molar-refractivity contribution in [2.75, 3.05) is 25.1 Å². The molecule has 0 amide bonds. The van der Waals surface area contributed by atoms with Gasteiger partial charge in [0.1, 0.15) is 12.3 Å². The quantitative estimate of drug-likeness (QED) is 0.738. The number of methoxy groups -OCH3 is 2.